The zero-order valence-corrected chi connectivity index (χ0v) is 16.0. The minimum Gasteiger partial charge on any atom is -0.347 e. The molecule has 0 radical (unpaired) electrons. The number of benzene rings is 1. The van der Waals surface area contributed by atoms with Crippen molar-refractivity contribution in [1.29, 1.82) is 0 Å². The maximum atomic E-state index is 13.5. The summed E-state index contributed by atoms with van der Waals surface area (Å²) in [7, 11) is 0. The first-order chi connectivity index (χ1) is 13.7. The van der Waals surface area contributed by atoms with E-state index in [1.807, 2.05) is 24.4 Å². The van der Waals surface area contributed by atoms with Crippen LogP contribution in [0.1, 0.15) is 37.8 Å². The Bertz CT molecular complexity index is 857. The fourth-order valence-electron chi connectivity index (χ4n) is 5.41. The van der Waals surface area contributed by atoms with Gasteiger partial charge in [-0.15, -0.1) is 0 Å². The third-order valence-electron chi connectivity index (χ3n) is 6.68. The van der Waals surface area contributed by atoms with E-state index in [1.165, 1.54) is 37.8 Å². The van der Waals surface area contributed by atoms with Crippen molar-refractivity contribution < 1.29 is 13.9 Å². The van der Waals surface area contributed by atoms with E-state index in [2.05, 4.69) is 17.1 Å². The Balaban J connectivity index is 1.37. The van der Waals surface area contributed by atoms with Gasteiger partial charge in [0, 0.05) is 24.1 Å². The molecule has 3 atom stereocenters. The summed E-state index contributed by atoms with van der Waals surface area (Å²) in [4.78, 5) is 4.57. The van der Waals surface area contributed by atoms with Crippen molar-refractivity contribution in [2.45, 2.75) is 37.9 Å². The molecule has 2 aliphatic carbocycles. The first kappa shape index (κ1) is 18.0. The molecule has 2 aromatic rings. The molecule has 0 unspecified atom stereocenters. The lowest BCUT2D eigenvalue weighted by atomic mass is 9.77. The van der Waals surface area contributed by atoms with Gasteiger partial charge in [-0.25, -0.2) is 4.39 Å². The number of halogens is 1. The molecule has 1 aliphatic heterocycles. The van der Waals surface area contributed by atoms with E-state index in [0.717, 1.165) is 23.2 Å². The SMILES string of the molecule is Fc1cccc(-c2ccc(/C=C/[C@H]3[C@@H]4CCCC[C@H]4CC34OCCO4)nc2)c1. The molecule has 5 rings (SSSR count). The van der Waals surface area contributed by atoms with Crippen molar-refractivity contribution in [2.75, 3.05) is 13.2 Å². The minimum absolute atomic E-state index is 0.230. The topological polar surface area (TPSA) is 31.4 Å². The van der Waals surface area contributed by atoms with E-state index in [-0.39, 0.29) is 5.82 Å². The van der Waals surface area contributed by atoms with Gasteiger partial charge in [0.25, 0.3) is 0 Å². The lowest BCUT2D eigenvalue weighted by Crippen LogP contribution is -2.35. The van der Waals surface area contributed by atoms with E-state index in [4.69, 9.17) is 9.47 Å². The molecule has 0 N–H and O–H groups in total. The monoisotopic (exact) mass is 379 g/mol. The second-order valence-electron chi connectivity index (χ2n) is 8.29. The smallest absolute Gasteiger partial charge is 0.175 e. The van der Waals surface area contributed by atoms with Gasteiger partial charge in [0.1, 0.15) is 5.82 Å². The Labute approximate surface area is 165 Å². The quantitative estimate of drug-likeness (QED) is 0.709. The number of aromatic nitrogens is 1. The second-order valence-corrected chi connectivity index (χ2v) is 8.29. The van der Waals surface area contributed by atoms with Gasteiger partial charge in [-0.3, -0.25) is 4.98 Å². The molecule has 146 valence electrons. The summed E-state index contributed by atoms with van der Waals surface area (Å²) in [5.41, 5.74) is 2.67. The molecule has 1 spiro atoms. The predicted molar refractivity (Wildman–Crippen MR) is 107 cm³/mol. The lowest BCUT2D eigenvalue weighted by molar-refractivity contribution is -0.175. The van der Waals surface area contributed by atoms with Crippen LogP contribution in [-0.2, 0) is 9.47 Å². The van der Waals surface area contributed by atoms with Gasteiger partial charge in [-0.05, 0) is 54.5 Å². The molecule has 28 heavy (non-hydrogen) atoms. The van der Waals surface area contributed by atoms with Gasteiger partial charge in [0.2, 0.25) is 0 Å². The molecule has 3 fully saturated rings. The maximum absolute atomic E-state index is 13.5. The Morgan fingerprint density at radius 2 is 1.89 bits per heavy atom. The van der Waals surface area contributed by atoms with Crippen LogP contribution in [-0.4, -0.2) is 24.0 Å². The Hall–Kier alpha value is -2.04. The average Bonchev–Trinajstić information content (AvgIpc) is 3.31. The highest BCUT2D eigenvalue weighted by molar-refractivity contribution is 5.63. The summed E-state index contributed by atoms with van der Waals surface area (Å²) in [6, 6.07) is 10.6. The molecule has 3 aliphatic rings. The molecular weight excluding hydrogens is 353 g/mol. The summed E-state index contributed by atoms with van der Waals surface area (Å²) in [5, 5.41) is 0. The summed E-state index contributed by atoms with van der Waals surface area (Å²) in [5.74, 6) is 1.01. The maximum Gasteiger partial charge on any atom is 0.175 e. The number of hydrogen-bond acceptors (Lipinski definition) is 3. The predicted octanol–water partition coefficient (Wildman–Crippen LogP) is 5.47. The summed E-state index contributed by atoms with van der Waals surface area (Å²) in [6.07, 6.45) is 12.4. The van der Waals surface area contributed by atoms with Gasteiger partial charge >= 0.3 is 0 Å². The van der Waals surface area contributed by atoms with E-state index in [9.17, 15) is 4.39 Å². The second kappa shape index (κ2) is 7.41. The third-order valence-corrected chi connectivity index (χ3v) is 6.68. The number of nitrogens with zero attached hydrogens (tertiary/aromatic N) is 1. The lowest BCUT2D eigenvalue weighted by Gasteiger charge is -2.31. The molecule has 0 amide bonds. The molecule has 1 aromatic heterocycles. The molecular formula is C24H26FNO2. The van der Waals surface area contributed by atoms with Crippen LogP contribution < -0.4 is 0 Å². The normalized spacial score (nSPS) is 28.8. The molecule has 2 heterocycles. The third kappa shape index (κ3) is 3.29. The van der Waals surface area contributed by atoms with Crippen LogP contribution in [0.5, 0.6) is 0 Å². The Morgan fingerprint density at radius 1 is 1.04 bits per heavy atom. The van der Waals surface area contributed by atoms with Crippen LogP contribution in [0.3, 0.4) is 0 Å². The molecule has 1 saturated heterocycles. The van der Waals surface area contributed by atoms with Crippen LogP contribution in [0.4, 0.5) is 4.39 Å². The molecule has 4 heteroatoms. The number of rotatable bonds is 3. The number of fused-ring (bicyclic) bond motifs is 1. The van der Waals surface area contributed by atoms with Gasteiger partial charge in [-0.1, -0.05) is 37.1 Å². The van der Waals surface area contributed by atoms with E-state index in [1.54, 1.807) is 6.07 Å². The molecule has 0 bridgehead atoms. The number of hydrogen-bond donors (Lipinski definition) is 0. The van der Waals surface area contributed by atoms with Crippen LogP contribution in [0, 0.1) is 23.6 Å². The van der Waals surface area contributed by atoms with Crippen LogP contribution in [0.25, 0.3) is 17.2 Å². The number of ether oxygens (including phenoxy) is 2. The van der Waals surface area contributed by atoms with Crippen LogP contribution in [0.15, 0.2) is 48.7 Å². The van der Waals surface area contributed by atoms with Gasteiger partial charge in [0.15, 0.2) is 5.79 Å². The first-order valence-corrected chi connectivity index (χ1v) is 10.4. The number of pyridine rings is 1. The van der Waals surface area contributed by atoms with Crippen molar-refractivity contribution in [3.63, 3.8) is 0 Å². The fourth-order valence-corrected chi connectivity index (χ4v) is 5.41. The van der Waals surface area contributed by atoms with Crippen LogP contribution in [0.2, 0.25) is 0 Å². The summed E-state index contributed by atoms with van der Waals surface area (Å²) in [6.45, 7) is 1.40. The minimum atomic E-state index is -0.419. The standard InChI is InChI=1S/C24H26FNO2/c25-20-6-3-5-17(14-20)19-8-9-21(26-16-19)10-11-23-22-7-2-1-4-18(22)15-24(23)27-12-13-28-24/h3,5-6,8-11,14,16,18,22-23H,1-2,4,7,12-13,15H2/b11-10+/t18-,22+,23-/m0/s1. The van der Waals surface area contributed by atoms with Crippen molar-refractivity contribution >= 4 is 6.08 Å². The van der Waals surface area contributed by atoms with E-state index < -0.39 is 5.79 Å². The highest BCUT2D eigenvalue weighted by Gasteiger charge is 2.56. The average molecular weight is 379 g/mol. The zero-order valence-electron chi connectivity index (χ0n) is 16.0. The first-order valence-electron chi connectivity index (χ1n) is 10.4. The fraction of sp³-hybridized carbons (Fsp3) is 0.458. The van der Waals surface area contributed by atoms with Crippen molar-refractivity contribution in [3.8, 4) is 11.1 Å². The highest BCUT2D eigenvalue weighted by atomic mass is 19.1. The Morgan fingerprint density at radius 3 is 2.68 bits per heavy atom. The van der Waals surface area contributed by atoms with Gasteiger partial charge in [0.05, 0.1) is 18.9 Å². The van der Waals surface area contributed by atoms with Gasteiger partial charge in [-0.2, -0.15) is 0 Å². The van der Waals surface area contributed by atoms with Crippen molar-refractivity contribution in [3.05, 3.63) is 60.2 Å². The van der Waals surface area contributed by atoms with Gasteiger partial charge < -0.3 is 9.47 Å². The molecule has 1 aromatic carbocycles. The largest absolute Gasteiger partial charge is 0.347 e. The summed E-state index contributed by atoms with van der Waals surface area (Å²) < 4.78 is 25.8. The van der Waals surface area contributed by atoms with E-state index >= 15 is 0 Å². The van der Waals surface area contributed by atoms with Crippen LogP contribution >= 0.6 is 0 Å². The molecule has 3 nitrogen and oxygen atoms in total. The van der Waals surface area contributed by atoms with Crippen molar-refractivity contribution in [1.82, 2.24) is 4.98 Å². The zero-order chi connectivity index (χ0) is 19.0. The highest BCUT2D eigenvalue weighted by Crippen LogP contribution is 2.54. The molecule has 2 saturated carbocycles. The summed E-state index contributed by atoms with van der Waals surface area (Å²) >= 11 is 0. The van der Waals surface area contributed by atoms with Crippen molar-refractivity contribution in [2.24, 2.45) is 17.8 Å². The van der Waals surface area contributed by atoms with E-state index in [0.29, 0.717) is 31.0 Å². The Kier molecular flexibility index (Phi) is 4.77.